The number of nitriles is 1. The van der Waals surface area contributed by atoms with E-state index in [1.807, 2.05) is 47.6 Å². The molecule has 140 valence electrons. The third kappa shape index (κ3) is 3.13. The van der Waals surface area contributed by atoms with Crippen LogP contribution in [0.4, 0.5) is 4.79 Å². The van der Waals surface area contributed by atoms with Gasteiger partial charge in [0, 0.05) is 22.3 Å². The number of thiophene rings is 1. The second kappa shape index (κ2) is 7.02. The Morgan fingerprint density at radius 2 is 1.85 bits per heavy atom. The molecule has 0 saturated carbocycles. The SMILES string of the molecule is Cc1sc(-n2c(C)cc(/C=C3/SC(=O)N(C(C)C)C3=O)c2C)c(C#N)c1C. The molecule has 1 aliphatic rings. The molecule has 0 spiro atoms. The number of hydrogen-bond donors (Lipinski definition) is 0. The van der Waals surface area contributed by atoms with E-state index < -0.39 is 0 Å². The predicted molar refractivity (Wildman–Crippen MR) is 110 cm³/mol. The first-order chi connectivity index (χ1) is 12.7. The quantitative estimate of drug-likeness (QED) is 0.674. The maximum absolute atomic E-state index is 12.6. The predicted octanol–water partition coefficient (Wildman–Crippen LogP) is 5.09. The van der Waals surface area contributed by atoms with Crippen LogP contribution in [-0.4, -0.2) is 26.7 Å². The fourth-order valence-electron chi connectivity index (χ4n) is 3.21. The van der Waals surface area contributed by atoms with Crippen LogP contribution in [0.5, 0.6) is 0 Å². The van der Waals surface area contributed by atoms with Gasteiger partial charge in [0.25, 0.3) is 11.1 Å². The minimum Gasteiger partial charge on any atom is -0.308 e. The minimum absolute atomic E-state index is 0.161. The Hall–Kier alpha value is -2.30. The lowest BCUT2D eigenvalue weighted by molar-refractivity contribution is -0.123. The number of aromatic nitrogens is 1. The van der Waals surface area contributed by atoms with Gasteiger partial charge in [0.2, 0.25) is 0 Å². The van der Waals surface area contributed by atoms with Gasteiger partial charge in [0.05, 0.1) is 10.5 Å². The maximum atomic E-state index is 12.6. The minimum atomic E-state index is -0.245. The molecule has 0 bridgehead atoms. The number of thioether (sulfide) groups is 1. The summed E-state index contributed by atoms with van der Waals surface area (Å²) in [5.74, 6) is -0.245. The van der Waals surface area contributed by atoms with Gasteiger partial charge < -0.3 is 4.57 Å². The van der Waals surface area contributed by atoms with E-state index in [4.69, 9.17) is 0 Å². The lowest BCUT2D eigenvalue weighted by atomic mass is 10.2. The van der Waals surface area contributed by atoms with Crippen molar-refractivity contribution >= 4 is 40.3 Å². The number of imide groups is 1. The van der Waals surface area contributed by atoms with Gasteiger partial charge in [0.15, 0.2) is 0 Å². The van der Waals surface area contributed by atoms with Gasteiger partial charge in [-0.05, 0) is 76.6 Å². The van der Waals surface area contributed by atoms with E-state index in [1.54, 1.807) is 17.4 Å². The zero-order chi connectivity index (χ0) is 20.0. The van der Waals surface area contributed by atoms with Gasteiger partial charge in [0.1, 0.15) is 11.1 Å². The Kier molecular flexibility index (Phi) is 5.06. The van der Waals surface area contributed by atoms with E-state index in [9.17, 15) is 14.9 Å². The van der Waals surface area contributed by atoms with Crippen LogP contribution in [0.3, 0.4) is 0 Å². The van der Waals surface area contributed by atoms with Crippen molar-refractivity contribution in [2.24, 2.45) is 0 Å². The van der Waals surface area contributed by atoms with Gasteiger partial charge >= 0.3 is 0 Å². The van der Waals surface area contributed by atoms with E-state index in [-0.39, 0.29) is 17.2 Å². The second-order valence-electron chi connectivity index (χ2n) is 6.88. The average molecular weight is 400 g/mol. The second-order valence-corrected chi connectivity index (χ2v) is 9.08. The fourth-order valence-corrected chi connectivity index (χ4v) is 5.38. The largest absolute Gasteiger partial charge is 0.308 e. The van der Waals surface area contributed by atoms with Crippen molar-refractivity contribution in [1.29, 1.82) is 5.26 Å². The third-order valence-corrected chi connectivity index (χ3v) is 6.85. The molecule has 5 nitrogen and oxygen atoms in total. The molecule has 0 N–H and O–H groups in total. The van der Waals surface area contributed by atoms with Crippen LogP contribution in [0.2, 0.25) is 0 Å². The molecule has 1 aliphatic heterocycles. The number of carbonyl (C=O) groups is 2. The van der Waals surface area contributed by atoms with E-state index >= 15 is 0 Å². The Bertz CT molecular complexity index is 1030. The van der Waals surface area contributed by atoms with Gasteiger partial charge in [-0.25, -0.2) is 0 Å². The van der Waals surface area contributed by atoms with E-state index in [2.05, 4.69) is 10.6 Å². The Balaban J connectivity index is 2.09. The van der Waals surface area contributed by atoms with Crippen molar-refractivity contribution in [3.8, 4) is 11.1 Å². The smallest absolute Gasteiger partial charge is 0.293 e. The summed E-state index contributed by atoms with van der Waals surface area (Å²) in [5.41, 5.74) is 4.51. The molecule has 0 aliphatic carbocycles. The molecule has 2 aromatic rings. The molecule has 3 heterocycles. The molecule has 3 rings (SSSR count). The highest BCUT2D eigenvalue weighted by atomic mass is 32.2. The molecule has 7 heteroatoms. The van der Waals surface area contributed by atoms with Gasteiger partial charge in [-0.15, -0.1) is 11.3 Å². The highest BCUT2D eigenvalue weighted by Gasteiger charge is 2.36. The van der Waals surface area contributed by atoms with Gasteiger partial charge in [-0.3, -0.25) is 14.5 Å². The molecule has 2 amide bonds. The lowest BCUT2D eigenvalue weighted by Crippen LogP contribution is -2.34. The van der Waals surface area contributed by atoms with Crippen LogP contribution in [-0.2, 0) is 4.79 Å². The standard InChI is InChI=1S/C20H21N3O2S2/c1-10(2)22-18(24)17(27-20(22)25)8-15-7-11(3)23(13(15)5)19-16(9-21)12(4)14(6)26-19/h7-8,10H,1-6H3/b17-8+. The summed E-state index contributed by atoms with van der Waals surface area (Å²) >= 11 is 2.57. The zero-order valence-corrected chi connectivity index (χ0v) is 17.8. The summed E-state index contributed by atoms with van der Waals surface area (Å²) in [5, 5.41) is 10.2. The number of rotatable bonds is 3. The molecular formula is C20H21N3O2S2. The highest BCUT2D eigenvalue weighted by Crippen LogP contribution is 2.37. The number of aryl methyl sites for hydroxylation is 2. The molecule has 0 atom stereocenters. The van der Waals surface area contributed by atoms with Crippen molar-refractivity contribution in [2.45, 2.75) is 47.6 Å². The van der Waals surface area contributed by atoms with Crippen LogP contribution < -0.4 is 0 Å². The highest BCUT2D eigenvalue weighted by molar-refractivity contribution is 8.18. The lowest BCUT2D eigenvalue weighted by Gasteiger charge is -2.16. The van der Waals surface area contributed by atoms with Gasteiger partial charge in [-0.1, -0.05) is 0 Å². The number of nitrogens with zero attached hydrogens (tertiary/aromatic N) is 3. The van der Waals surface area contributed by atoms with Crippen LogP contribution in [0.1, 0.15) is 46.8 Å². The fraction of sp³-hybridized carbons (Fsp3) is 0.350. The zero-order valence-electron chi connectivity index (χ0n) is 16.2. The van der Waals surface area contributed by atoms with Crippen molar-refractivity contribution in [1.82, 2.24) is 9.47 Å². The summed E-state index contributed by atoms with van der Waals surface area (Å²) < 4.78 is 2.06. The first-order valence-corrected chi connectivity index (χ1v) is 10.3. The molecule has 2 aromatic heterocycles. The Labute approximate surface area is 167 Å². The molecule has 27 heavy (non-hydrogen) atoms. The van der Waals surface area contributed by atoms with Crippen LogP contribution in [0, 0.1) is 39.0 Å². The Morgan fingerprint density at radius 1 is 1.19 bits per heavy atom. The van der Waals surface area contributed by atoms with Crippen molar-refractivity contribution in [2.75, 3.05) is 0 Å². The van der Waals surface area contributed by atoms with E-state index in [0.29, 0.717) is 10.5 Å². The van der Waals surface area contributed by atoms with Crippen LogP contribution >= 0.6 is 23.1 Å². The molecule has 1 saturated heterocycles. The summed E-state index contributed by atoms with van der Waals surface area (Å²) in [6.45, 7) is 11.6. The van der Waals surface area contributed by atoms with Gasteiger partial charge in [-0.2, -0.15) is 5.26 Å². The average Bonchev–Trinajstić information content (AvgIpc) is 3.13. The molecule has 1 fully saturated rings. The first kappa shape index (κ1) is 19.5. The summed E-state index contributed by atoms with van der Waals surface area (Å²) in [7, 11) is 0. The number of carbonyl (C=O) groups excluding carboxylic acids is 2. The molecular weight excluding hydrogens is 378 g/mol. The summed E-state index contributed by atoms with van der Waals surface area (Å²) in [6, 6.07) is 4.14. The summed E-state index contributed by atoms with van der Waals surface area (Å²) in [6.07, 6.45) is 1.78. The maximum Gasteiger partial charge on any atom is 0.293 e. The van der Waals surface area contributed by atoms with Crippen LogP contribution in [0.15, 0.2) is 11.0 Å². The molecule has 0 radical (unpaired) electrons. The number of amides is 2. The monoisotopic (exact) mass is 399 g/mol. The summed E-state index contributed by atoms with van der Waals surface area (Å²) in [4.78, 5) is 27.5. The third-order valence-electron chi connectivity index (χ3n) is 4.78. The van der Waals surface area contributed by atoms with Crippen LogP contribution in [0.25, 0.3) is 11.1 Å². The normalized spacial score (nSPS) is 16.1. The van der Waals surface area contributed by atoms with E-state index in [0.717, 1.165) is 44.2 Å². The number of hydrogen-bond acceptors (Lipinski definition) is 5. The molecule has 0 unspecified atom stereocenters. The van der Waals surface area contributed by atoms with E-state index in [1.165, 1.54) is 4.90 Å². The first-order valence-electron chi connectivity index (χ1n) is 8.63. The molecule has 0 aromatic carbocycles. The van der Waals surface area contributed by atoms with Crippen molar-refractivity contribution < 1.29 is 9.59 Å². The topological polar surface area (TPSA) is 66.1 Å². The van der Waals surface area contributed by atoms with Crippen molar-refractivity contribution in [3.63, 3.8) is 0 Å². The van der Waals surface area contributed by atoms with Crippen molar-refractivity contribution in [3.05, 3.63) is 43.9 Å². The Morgan fingerprint density at radius 3 is 2.41 bits per heavy atom.